The van der Waals surface area contributed by atoms with E-state index in [4.69, 9.17) is 5.73 Å². The molecule has 0 saturated heterocycles. The van der Waals surface area contributed by atoms with Crippen molar-refractivity contribution in [1.82, 2.24) is 16.0 Å². The molecule has 29 heavy (non-hydrogen) atoms. The Balaban J connectivity index is 3.28. The summed E-state index contributed by atoms with van der Waals surface area (Å²) in [6.45, 7) is 7.01. The number of hydrogen-bond acceptors (Lipinski definition) is 4. The Labute approximate surface area is 179 Å². The molecule has 0 aromatic carbocycles. The van der Waals surface area contributed by atoms with Crippen LogP contribution < -0.4 is 21.7 Å². The fourth-order valence-electron chi connectivity index (χ4n) is 2.81. The average molecular weight is 407 g/mol. The Hall–Kier alpha value is -1.43. The Kier molecular flexibility index (Phi) is 23.4. The molecule has 5 heteroatoms. The number of carbonyl (C=O) groups excluding carboxylic acids is 1. The van der Waals surface area contributed by atoms with Gasteiger partial charge in [-0.05, 0) is 38.5 Å². The van der Waals surface area contributed by atoms with Crippen molar-refractivity contribution in [1.29, 1.82) is 0 Å². The predicted molar refractivity (Wildman–Crippen MR) is 127 cm³/mol. The monoisotopic (exact) mass is 406 g/mol. The van der Waals surface area contributed by atoms with E-state index < -0.39 is 0 Å². The Bertz CT molecular complexity index is 433. The van der Waals surface area contributed by atoms with E-state index in [0.29, 0.717) is 19.5 Å². The second-order valence-electron chi connectivity index (χ2n) is 7.24. The van der Waals surface area contributed by atoms with Crippen LogP contribution in [0.3, 0.4) is 0 Å². The van der Waals surface area contributed by atoms with Crippen LogP contribution in [-0.4, -0.2) is 45.2 Å². The van der Waals surface area contributed by atoms with Crippen molar-refractivity contribution in [3.8, 4) is 0 Å². The van der Waals surface area contributed by atoms with Gasteiger partial charge in [0, 0.05) is 45.7 Å². The molecule has 0 aliphatic heterocycles. The van der Waals surface area contributed by atoms with Gasteiger partial charge in [-0.25, -0.2) is 0 Å². The van der Waals surface area contributed by atoms with Gasteiger partial charge in [-0.15, -0.1) is 0 Å². The van der Waals surface area contributed by atoms with Crippen molar-refractivity contribution in [2.45, 2.75) is 71.1 Å². The summed E-state index contributed by atoms with van der Waals surface area (Å²) in [6.07, 6.45) is 24.3. The van der Waals surface area contributed by atoms with E-state index in [2.05, 4.69) is 59.3 Å². The van der Waals surface area contributed by atoms with Gasteiger partial charge < -0.3 is 21.7 Å². The zero-order chi connectivity index (χ0) is 21.3. The van der Waals surface area contributed by atoms with Crippen LogP contribution in [0.1, 0.15) is 71.1 Å². The molecule has 0 aromatic heterocycles. The molecule has 0 bridgehead atoms. The van der Waals surface area contributed by atoms with E-state index in [-0.39, 0.29) is 5.91 Å². The molecule has 5 N–H and O–H groups in total. The summed E-state index contributed by atoms with van der Waals surface area (Å²) in [7, 11) is 0. The highest BCUT2D eigenvalue weighted by molar-refractivity contribution is 5.75. The number of nitrogens with two attached hydrogens (primary N) is 1. The van der Waals surface area contributed by atoms with Gasteiger partial charge >= 0.3 is 0 Å². The summed E-state index contributed by atoms with van der Waals surface area (Å²) in [5.74, 6) is 0.175. The highest BCUT2D eigenvalue weighted by Crippen LogP contribution is 2.08. The first-order valence-corrected chi connectivity index (χ1v) is 11.6. The summed E-state index contributed by atoms with van der Waals surface area (Å²) in [6, 6.07) is 0. The van der Waals surface area contributed by atoms with Crippen molar-refractivity contribution >= 4 is 5.91 Å². The molecule has 0 fully saturated rings. The highest BCUT2D eigenvalue weighted by atomic mass is 16.1. The van der Waals surface area contributed by atoms with Crippen molar-refractivity contribution in [2.24, 2.45) is 5.73 Å². The normalized spacial score (nSPS) is 11.9. The molecule has 5 nitrogen and oxygen atoms in total. The van der Waals surface area contributed by atoms with Crippen LogP contribution in [0.4, 0.5) is 0 Å². The molecule has 0 saturated carbocycles. The smallest absolute Gasteiger partial charge is 0.220 e. The van der Waals surface area contributed by atoms with E-state index >= 15 is 0 Å². The number of unbranched alkanes of at least 4 members (excludes halogenated alkanes) is 5. The maximum atomic E-state index is 11.8. The van der Waals surface area contributed by atoms with Gasteiger partial charge in [0.1, 0.15) is 0 Å². The molecular formula is C24H46N4O. The van der Waals surface area contributed by atoms with E-state index in [0.717, 1.165) is 58.3 Å². The third-order valence-corrected chi connectivity index (χ3v) is 4.48. The van der Waals surface area contributed by atoms with Crippen LogP contribution in [0.5, 0.6) is 0 Å². The zero-order valence-corrected chi connectivity index (χ0v) is 18.8. The number of amides is 1. The third kappa shape index (κ3) is 24.5. The second-order valence-corrected chi connectivity index (χ2v) is 7.24. The van der Waals surface area contributed by atoms with E-state index in [9.17, 15) is 4.79 Å². The lowest BCUT2D eigenvalue weighted by atomic mass is 10.1. The van der Waals surface area contributed by atoms with Gasteiger partial charge in [0.05, 0.1) is 0 Å². The molecule has 0 unspecified atom stereocenters. The molecule has 0 heterocycles. The van der Waals surface area contributed by atoms with Crippen LogP contribution >= 0.6 is 0 Å². The van der Waals surface area contributed by atoms with Crippen LogP contribution in [-0.2, 0) is 4.79 Å². The van der Waals surface area contributed by atoms with Crippen molar-refractivity contribution in [2.75, 3.05) is 39.3 Å². The lowest BCUT2D eigenvalue weighted by Crippen LogP contribution is -2.35. The largest absolute Gasteiger partial charge is 0.355 e. The highest BCUT2D eigenvalue weighted by Gasteiger charge is 2.00. The van der Waals surface area contributed by atoms with Crippen molar-refractivity contribution in [3.05, 3.63) is 36.5 Å². The van der Waals surface area contributed by atoms with E-state index in [1.807, 2.05) is 0 Å². The Morgan fingerprint density at radius 2 is 1.31 bits per heavy atom. The second kappa shape index (κ2) is 24.6. The van der Waals surface area contributed by atoms with Gasteiger partial charge in [0.25, 0.3) is 0 Å². The molecule has 0 aliphatic carbocycles. The summed E-state index contributed by atoms with van der Waals surface area (Å²) in [4.78, 5) is 11.8. The average Bonchev–Trinajstić information content (AvgIpc) is 2.72. The minimum Gasteiger partial charge on any atom is -0.355 e. The fraction of sp³-hybridized carbons (Fsp3) is 0.708. The predicted octanol–water partition coefficient (Wildman–Crippen LogP) is 3.83. The first-order chi connectivity index (χ1) is 14.3. The summed E-state index contributed by atoms with van der Waals surface area (Å²) >= 11 is 0. The maximum absolute atomic E-state index is 11.8. The quantitative estimate of drug-likeness (QED) is 0.173. The summed E-state index contributed by atoms with van der Waals surface area (Å²) < 4.78 is 0. The summed E-state index contributed by atoms with van der Waals surface area (Å²) in [5.41, 5.74) is 5.40. The lowest BCUT2D eigenvalue weighted by molar-refractivity contribution is -0.121. The van der Waals surface area contributed by atoms with Crippen LogP contribution in [0.15, 0.2) is 36.5 Å². The van der Waals surface area contributed by atoms with E-state index in [1.54, 1.807) is 0 Å². The Morgan fingerprint density at radius 1 is 0.724 bits per heavy atom. The molecule has 0 aliphatic rings. The minimum atomic E-state index is 0.175. The van der Waals surface area contributed by atoms with Crippen LogP contribution in [0.25, 0.3) is 0 Å². The maximum Gasteiger partial charge on any atom is 0.220 e. The van der Waals surface area contributed by atoms with E-state index in [1.165, 1.54) is 25.7 Å². The SMILES string of the molecule is CC/C=C/C/C=C/C/C=C/CCCCCCCC(=O)NCCNCCNCCN. The number of rotatable bonds is 21. The summed E-state index contributed by atoms with van der Waals surface area (Å²) in [5, 5.41) is 9.49. The fourth-order valence-corrected chi connectivity index (χ4v) is 2.81. The van der Waals surface area contributed by atoms with Crippen LogP contribution in [0, 0.1) is 0 Å². The lowest BCUT2D eigenvalue weighted by Gasteiger charge is -2.07. The van der Waals surface area contributed by atoms with Crippen molar-refractivity contribution in [3.63, 3.8) is 0 Å². The molecule has 0 atom stereocenters. The van der Waals surface area contributed by atoms with Crippen LogP contribution in [0.2, 0.25) is 0 Å². The molecule has 1 amide bonds. The molecular weight excluding hydrogens is 360 g/mol. The molecule has 0 rings (SSSR count). The van der Waals surface area contributed by atoms with Gasteiger partial charge in [-0.2, -0.15) is 0 Å². The van der Waals surface area contributed by atoms with Gasteiger partial charge in [-0.3, -0.25) is 4.79 Å². The van der Waals surface area contributed by atoms with Gasteiger partial charge in [0.2, 0.25) is 5.91 Å². The third-order valence-electron chi connectivity index (χ3n) is 4.48. The number of allylic oxidation sites excluding steroid dienone is 6. The topological polar surface area (TPSA) is 79.2 Å². The van der Waals surface area contributed by atoms with Gasteiger partial charge in [0.15, 0.2) is 0 Å². The van der Waals surface area contributed by atoms with Gasteiger partial charge in [-0.1, -0.05) is 62.6 Å². The number of carbonyl (C=O) groups is 1. The standard InChI is InChI=1S/C24H46N4O/c1-2-3-4-5-6-7-8-9-10-11-12-13-14-15-16-17-24(29)28-23-22-27-21-20-26-19-18-25/h3-4,6-7,9-10,26-27H,2,5,8,11-23,25H2,1H3,(H,28,29)/b4-3+,7-6+,10-9+. The number of nitrogens with one attached hydrogen (secondary N) is 3. The number of hydrogen-bond donors (Lipinski definition) is 4. The molecule has 0 aromatic rings. The molecule has 168 valence electrons. The zero-order valence-electron chi connectivity index (χ0n) is 18.8. The molecule has 0 spiro atoms. The Morgan fingerprint density at radius 3 is 2.03 bits per heavy atom. The molecule has 0 radical (unpaired) electrons. The first-order valence-electron chi connectivity index (χ1n) is 11.6. The minimum absolute atomic E-state index is 0.175. The first kappa shape index (κ1) is 27.6. The van der Waals surface area contributed by atoms with Crippen molar-refractivity contribution < 1.29 is 4.79 Å².